The number of urea groups is 1. The Morgan fingerprint density at radius 3 is 2.73 bits per heavy atom. The summed E-state index contributed by atoms with van der Waals surface area (Å²) >= 11 is 0. The summed E-state index contributed by atoms with van der Waals surface area (Å²) in [5, 5.41) is 26.1. The van der Waals surface area contributed by atoms with Gasteiger partial charge in [-0.15, -0.1) is 0 Å². The zero-order valence-electron chi connectivity index (χ0n) is 22.9. The fraction of sp³-hybridized carbons (Fsp3) is 0.355. The van der Waals surface area contributed by atoms with Crippen molar-refractivity contribution in [1.29, 1.82) is 0 Å². The maximum atomic E-state index is 13.4. The molecular weight excluding hydrogens is 524 g/mol. The lowest BCUT2D eigenvalue weighted by Crippen LogP contribution is -2.55. The molecule has 5 rings (SSSR count). The highest BCUT2D eigenvalue weighted by Gasteiger charge is 2.60. The molecule has 1 aromatic heterocycles. The molecular formula is C31H34N4O6. The Hall–Kier alpha value is -4.60. The monoisotopic (exact) mass is 558 g/mol. The third-order valence-electron chi connectivity index (χ3n) is 7.68. The first-order valence-electron chi connectivity index (χ1n) is 13.8. The molecule has 0 spiro atoms. The van der Waals surface area contributed by atoms with Crippen LogP contribution in [0, 0.1) is 5.92 Å². The van der Waals surface area contributed by atoms with E-state index in [4.69, 9.17) is 4.74 Å². The minimum atomic E-state index is -1.37. The van der Waals surface area contributed by atoms with Gasteiger partial charge < -0.3 is 30.5 Å². The molecule has 1 fully saturated rings. The Balaban J connectivity index is 1.37. The number of rotatable bonds is 6. The highest BCUT2D eigenvalue weighted by Crippen LogP contribution is 2.45. The maximum absolute atomic E-state index is 13.4. The van der Waals surface area contributed by atoms with Crippen molar-refractivity contribution in [3.05, 3.63) is 66.7 Å². The Labute approximate surface area is 238 Å². The number of allylic oxidation sites excluding steroid dienone is 1. The first-order chi connectivity index (χ1) is 19.8. The number of aromatic nitrogens is 1. The van der Waals surface area contributed by atoms with Crippen LogP contribution in [0.2, 0.25) is 0 Å². The maximum Gasteiger partial charge on any atom is 0.330 e. The lowest BCUT2D eigenvalue weighted by Gasteiger charge is -2.25. The molecule has 2 aliphatic rings. The van der Waals surface area contributed by atoms with Crippen molar-refractivity contribution in [1.82, 2.24) is 20.5 Å². The van der Waals surface area contributed by atoms with Crippen molar-refractivity contribution < 1.29 is 29.3 Å². The summed E-state index contributed by atoms with van der Waals surface area (Å²) in [5.41, 5.74) is 0.695. The van der Waals surface area contributed by atoms with E-state index in [1.54, 1.807) is 31.3 Å². The number of hydrogen-bond acceptors (Lipinski definition) is 6. The Morgan fingerprint density at radius 2 is 1.95 bits per heavy atom. The highest BCUT2D eigenvalue weighted by atomic mass is 16.5. The molecule has 3 aromatic rings. The number of carboxylic acid groups (broad SMARTS) is 1. The number of phenolic OH excluding ortho intramolecular Hbond substituents is 1. The van der Waals surface area contributed by atoms with Gasteiger partial charge in [-0.05, 0) is 37.8 Å². The van der Waals surface area contributed by atoms with Gasteiger partial charge in [0.2, 0.25) is 5.91 Å². The summed E-state index contributed by atoms with van der Waals surface area (Å²) in [6, 6.07) is 14.7. The van der Waals surface area contributed by atoms with Gasteiger partial charge in [0.25, 0.3) is 0 Å². The van der Waals surface area contributed by atoms with Crippen molar-refractivity contribution in [3.63, 3.8) is 0 Å². The quantitative estimate of drug-likeness (QED) is 0.334. The largest absolute Gasteiger partial charge is 0.508 e. The van der Waals surface area contributed by atoms with Crippen molar-refractivity contribution in [2.75, 3.05) is 20.2 Å². The van der Waals surface area contributed by atoms with Crippen LogP contribution in [0.4, 0.5) is 4.79 Å². The summed E-state index contributed by atoms with van der Waals surface area (Å²) in [7, 11) is 1.67. The molecule has 10 nitrogen and oxygen atoms in total. The number of aliphatic carboxylic acids is 1. The normalized spacial score (nSPS) is 24.0. The average Bonchev–Trinajstić information content (AvgIpc) is 3.67. The fourth-order valence-corrected chi connectivity index (χ4v) is 5.12. The molecule has 2 heterocycles. The molecule has 10 heteroatoms. The molecule has 1 saturated carbocycles. The van der Waals surface area contributed by atoms with Gasteiger partial charge in [-0.1, -0.05) is 42.5 Å². The van der Waals surface area contributed by atoms with E-state index in [1.807, 2.05) is 42.5 Å². The van der Waals surface area contributed by atoms with Gasteiger partial charge in [-0.25, -0.2) is 14.6 Å². The second kappa shape index (κ2) is 11.9. The van der Waals surface area contributed by atoms with E-state index in [1.165, 1.54) is 4.90 Å². The first kappa shape index (κ1) is 27.9. The molecule has 1 aliphatic carbocycles. The van der Waals surface area contributed by atoms with Gasteiger partial charge in [-0.3, -0.25) is 4.79 Å². The van der Waals surface area contributed by atoms with E-state index in [9.17, 15) is 24.6 Å². The highest BCUT2D eigenvalue weighted by molar-refractivity contribution is 5.94. The lowest BCUT2D eigenvalue weighted by molar-refractivity contribution is -0.143. The predicted molar refractivity (Wildman–Crippen MR) is 154 cm³/mol. The van der Waals surface area contributed by atoms with Crippen LogP contribution in [0.15, 0.2) is 66.7 Å². The number of ether oxygens (including phenoxy) is 1. The molecule has 214 valence electrons. The molecule has 3 atom stereocenters. The molecule has 0 radical (unpaired) electrons. The van der Waals surface area contributed by atoms with E-state index in [2.05, 4.69) is 15.6 Å². The minimum Gasteiger partial charge on any atom is -0.508 e. The second-order valence-corrected chi connectivity index (χ2v) is 10.6. The number of nitrogens with zero attached hydrogens (tertiary/aromatic N) is 2. The van der Waals surface area contributed by atoms with E-state index < -0.39 is 29.5 Å². The number of carbonyl (C=O) groups is 3. The van der Waals surface area contributed by atoms with Gasteiger partial charge in [-0.2, -0.15) is 0 Å². The Morgan fingerprint density at radius 1 is 1.15 bits per heavy atom. The summed E-state index contributed by atoms with van der Waals surface area (Å²) in [5.74, 6) is -1.37. The van der Waals surface area contributed by atoms with E-state index in [0.717, 1.165) is 24.8 Å². The molecule has 0 unspecified atom stereocenters. The molecule has 4 N–H and O–H groups in total. The Bertz CT molecular complexity index is 1480. The van der Waals surface area contributed by atoms with Crippen LogP contribution in [-0.4, -0.2) is 69.8 Å². The van der Waals surface area contributed by atoms with Crippen LogP contribution in [0.3, 0.4) is 0 Å². The van der Waals surface area contributed by atoms with Crippen LogP contribution < -0.4 is 15.4 Å². The van der Waals surface area contributed by atoms with Gasteiger partial charge in [0, 0.05) is 49.0 Å². The number of carbonyl (C=O) groups excluding carboxylic acids is 2. The summed E-state index contributed by atoms with van der Waals surface area (Å²) in [6.45, 7) is 0.588. The number of carboxylic acids is 1. The number of hydrogen-bond donors (Lipinski definition) is 4. The van der Waals surface area contributed by atoms with Gasteiger partial charge in [0.15, 0.2) is 0 Å². The number of fused-ring (bicyclic) bond motifs is 2. The van der Waals surface area contributed by atoms with Crippen molar-refractivity contribution in [2.24, 2.45) is 5.92 Å². The third kappa shape index (κ3) is 6.26. The molecule has 0 bridgehead atoms. The number of benzene rings is 2. The molecule has 2 aromatic carbocycles. The predicted octanol–water partition coefficient (Wildman–Crippen LogP) is 4.09. The van der Waals surface area contributed by atoms with Gasteiger partial charge >= 0.3 is 12.0 Å². The van der Waals surface area contributed by atoms with Gasteiger partial charge in [0.1, 0.15) is 23.1 Å². The van der Waals surface area contributed by atoms with Crippen LogP contribution in [0.25, 0.3) is 22.2 Å². The molecule has 3 amide bonds. The second-order valence-electron chi connectivity index (χ2n) is 10.6. The number of nitrogens with one attached hydrogen (secondary N) is 2. The summed E-state index contributed by atoms with van der Waals surface area (Å²) in [4.78, 5) is 44.6. The van der Waals surface area contributed by atoms with Crippen molar-refractivity contribution >= 4 is 28.8 Å². The standard InChI is InChI=1S/C31H34N4O6/c1-35-15-8-3-2-7-11-21-19-31(21,29(38)39)34-28(37)24(33-30(35)40)14-16-41-27-18-25(20-9-5-4-6-10-20)32-26-17-22(36)12-13-23(26)27/h4-7,9-13,17-18,21,24,36H,2-3,8,14-16,19H2,1H3,(H,33,40)(H,34,37)(H,38,39)/b11-7-/t21-,24-,31+/m0/s1. The third-order valence-corrected chi connectivity index (χ3v) is 7.68. The topological polar surface area (TPSA) is 141 Å². The fourth-order valence-electron chi connectivity index (χ4n) is 5.12. The molecule has 1 aliphatic heterocycles. The van der Waals surface area contributed by atoms with E-state index in [0.29, 0.717) is 35.3 Å². The lowest BCUT2D eigenvalue weighted by atomic mass is 10.1. The number of pyridine rings is 1. The summed E-state index contributed by atoms with van der Waals surface area (Å²) < 4.78 is 6.16. The smallest absolute Gasteiger partial charge is 0.330 e. The van der Waals surface area contributed by atoms with Crippen LogP contribution >= 0.6 is 0 Å². The summed E-state index contributed by atoms with van der Waals surface area (Å²) in [6.07, 6.45) is 6.68. The Kier molecular flexibility index (Phi) is 8.09. The number of amides is 3. The minimum absolute atomic E-state index is 0.0553. The van der Waals surface area contributed by atoms with E-state index in [-0.39, 0.29) is 24.7 Å². The SMILES string of the molecule is CN1CCCC/C=C\[C@H]2C[C@@]2(C(=O)O)NC(=O)[C@H](CCOc2cc(-c3ccccc3)nc3cc(O)ccc23)NC1=O. The number of phenols is 1. The van der Waals surface area contributed by atoms with Crippen molar-refractivity contribution in [3.8, 4) is 22.8 Å². The van der Waals surface area contributed by atoms with Crippen LogP contribution in [0.1, 0.15) is 32.1 Å². The van der Waals surface area contributed by atoms with Crippen LogP contribution in [0.5, 0.6) is 11.5 Å². The van der Waals surface area contributed by atoms with Gasteiger partial charge in [0.05, 0.1) is 17.8 Å². The average molecular weight is 559 g/mol. The van der Waals surface area contributed by atoms with E-state index >= 15 is 0 Å². The number of aromatic hydroxyl groups is 1. The van der Waals surface area contributed by atoms with Crippen LogP contribution in [-0.2, 0) is 9.59 Å². The zero-order valence-corrected chi connectivity index (χ0v) is 22.9. The first-order valence-corrected chi connectivity index (χ1v) is 13.8. The molecule has 41 heavy (non-hydrogen) atoms. The molecule has 0 saturated heterocycles. The van der Waals surface area contributed by atoms with Crippen molar-refractivity contribution in [2.45, 2.75) is 43.7 Å². The zero-order chi connectivity index (χ0) is 29.0.